The molecule has 74 heavy (non-hydrogen) atoms. The zero-order valence-corrected chi connectivity index (χ0v) is 42.0. The topological polar surface area (TPSA) is 355 Å². The van der Waals surface area contributed by atoms with E-state index in [9.17, 15) is 48.3 Å². The van der Waals surface area contributed by atoms with Gasteiger partial charge in [-0.05, 0) is 68.6 Å². The summed E-state index contributed by atoms with van der Waals surface area (Å²) >= 11 is 0. The highest BCUT2D eigenvalue weighted by molar-refractivity contribution is 5.99. The minimum absolute atomic E-state index is 0.0242. The van der Waals surface area contributed by atoms with Crippen molar-refractivity contribution >= 4 is 69.8 Å². The number of amides is 6. The number of guanidine groups is 1. The average Bonchev–Trinajstić information content (AvgIpc) is 4.04. The number of hydrogen-bond acceptors (Lipinski definition) is 11. The molecule has 22 heteroatoms. The number of ketones is 2. The molecule has 398 valence electrons. The van der Waals surface area contributed by atoms with Crippen LogP contribution in [0.2, 0.25) is 0 Å². The first-order valence-corrected chi connectivity index (χ1v) is 25.2. The Kier molecular flexibility index (Phi) is 22.3. The Bertz CT molecular complexity index is 2580. The lowest BCUT2D eigenvalue weighted by atomic mass is 9.83. The molecule has 3 heterocycles. The predicted octanol–water partition coefficient (Wildman–Crippen LogP) is 1.53. The molecule has 0 radical (unpaired) electrons. The number of carbonyl (C=O) groups is 9. The van der Waals surface area contributed by atoms with Crippen LogP contribution in [0.1, 0.15) is 101 Å². The number of carboxylic acids is 1. The highest BCUT2D eigenvalue weighted by Gasteiger charge is 2.36. The minimum Gasteiger partial charge on any atom is -0.480 e. The number of nitrogens with zero attached hydrogens (tertiary/aromatic N) is 2. The standard InChI is InChI=1S/C52H70N12O10/c1-3-4-17-39(60-31(2)65)48(70)64-43-27-46(68)56-20-11-10-19-40(51(73)74)61-47(69)34(23-35-28-58-38-18-9-8-16-37(35)38)25-44(66)33(15-12-21-57-52(53)54)24-45(67)41(22-32-13-6-5-7-14-32)62-49(71)42(63-50(43)72)26-36-29-55-30-59-36/h5-9,13-14,16,18,28-30,33-34,39-43,58H,3-4,10-12,15,17,19-27H2,1-2H3,(H,55,59)(H,56,68)(H,60,65)(H,61,69)(H,62,71)(H,63,72)(H,64,70)(H,73,74)(H4,53,54,57)/t33-,34-,39+,40+,41-,42+,43+/m1/s1. The average molecular weight is 1020 g/mol. The van der Waals surface area contributed by atoms with E-state index in [-0.39, 0.29) is 83.3 Å². The summed E-state index contributed by atoms with van der Waals surface area (Å²) in [6.45, 7) is 3.29. The predicted molar refractivity (Wildman–Crippen MR) is 275 cm³/mol. The van der Waals surface area contributed by atoms with Crippen molar-refractivity contribution < 1.29 is 48.3 Å². The van der Waals surface area contributed by atoms with Gasteiger partial charge in [0.1, 0.15) is 30.0 Å². The lowest BCUT2D eigenvalue weighted by Crippen LogP contribution is -2.59. The van der Waals surface area contributed by atoms with Crippen molar-refractivity contribution in [3.8, 4) is 0 Å². The smallest absolute Gasteiger partial charge is 0.326 e. The summed E-state index contributed by atoms with van der Waals surface area (Å²) in [6, 6.07) is 9.52. The van der Waals surface area contributed by atoms with Crippen LogP contribution >= 0.6 is 0 Å². The van der Waals surface area contributed by atoms with Gasteiger partial charge < -0.3 is 58.4 Å². The summed E-state index contributed by atoms with van der Waals surface area (Å²) in [5.74, 6) is -8.92. The van der Waals surface area contributed by atoms with E-state index in [0.29, 0.717) is 29.7 Å². The molecule has 2 aromatic heterocycles. The second kappa shape index (κ2) is 29.0. The van der Waals surface area contributed by atoms with Gasteiger partial charge in [-0.25, -0.2) is 9.78 Å². The third-order valence-electron chi connectivity index (χ3n) is 12.9. The Labute approximate surface area is 429 Å². The van der Waals surface area contributed by atoms with E-state index >= 15 is 0 Å². The van der Waals surface area contributed by atoms with Crippen LogP contribution in [0.4, 0.5) is 0 Å². The van der Waals surface area contributed by atoms with Crippen LogP contribution in [-0.2, 0) is 62.4 Å². The highest BCUT2D eigenvalue weighted by atomic mass is 16.4. The minimum atomic E-state index is -1.57. The van der Waals surface area contributed by atoms with E-state index in [1.807, 2.05) is 31.2 Å². The zero-order chi connectivity index (χ0) is 53.6. The number of hydrogen-bond donors (Lipinski definition) is 11. The normalized spacial score (nSPS) is 21.5. The maximum atomic E-state index is 14.8. The molecule has 7 atom stereocenters. The van der Waals surface area contributed by atoms with Gasteiger partial charge in [-0.3, -0.25) is 43.3 Å². The van der Waals surface area contributed by atoms with Crippen LogP contribution < -0.4 is 43.4 Å². The number of unbranched alkanes of at least 4 members (excludes halogenated alkanes) is 1. The van der Waals surface area contributed by atoms with E-state index < -0.39 is 108 Å². The van der Waals surface area contributed by atoms with Crippen molar-refractivity contribution in [3.63, 3.8) is 0 Å². The molecule has 5 rings (SSSR count). The summed E-state index contributed by atoms with van der Waals surface area (Å²) in [7, 11) is 0. The van der Waals surface area contributed by atoms with Gasteiger partial charge in [0, 0.05) is 80.1 Å². The number of Topliss-reactive ketones (excluding diaryl/α,β-unsaturated/α-hetero) is 2. The monoisotopic (exact) mass is 1020 g/mol. The van der Waals surface area contributed by atoms with Gasteiger partial charge in [-0.1, -0.05) is 68.3 Å². The molecule has 4 aromatic rings. The molecule has 0 bridgehead atoms. The number of fused-ring (bicyclic) bond motifs is 1. The number of aliphatic imine (C=N–C) groups is 1. The fourth-order valence-corrected chi connectivity index (χ4v) is 8.92. The Morgan fingerprint density at radius 3 is 2.24 bits per heavy atom. The third-order valence-corrected chi connectivity index (χ3v) is 12.9. The molecule has 1 aliphatic rings. The number of aromatic amines is 2. The largest absolute Gasteiger partial charge is 0.480 e. The quantitative estimate of drug-likeness (QED) is 0.0407. The fraction of sp³-hybridized carbons (Fsp3) is 0.481. The molecule has 0 unspecified atom stereocenters. The second-order valence-corrected chi connectivity index (χ2v) is 18.7. The van der Waals surface area contributed by atoms with Crippen LogP contribution in [0.3, 0.4) is 0 Å². The number of aliphatic carboxylic acids is 1. The number of para-hydroxylation sites is 1. The molecule has 0 saturated carbocycles. The molecule has 1 fully saturated rings. The fourth-order valence-electron chi connectivity index (χ4n) is 8.92. The first-order chi connectivity index (χ1) is 35.5. The molecular formula is C52H70N12O10. The SMILES string of the molecule is CCCC[C@H](NC(C)=O)C(=O)N[C@H]1CC(=O)NCCCC[C@@H](C(=O)O)NC(=O)[C@H](Cc2c[nH]c3ccccc23)CC(=O)[C@H](CCCN=C(N)N)CC(=O)[C@@H](Cc2ccccc2)NC(=O)[C@H](Cc2cnc[nH]2)NC1=O. The van der Waals surface area contributed by atoms with Gasteiger partial charge in [-0.2, -0.15) is 0 Å². The van der Waals surface area contributed by atoms with Crippen LogP contribution in [0.5, 0.6) is 0 Å². The van der Waals surface area contributed by atoms with Crippen molar-refractivity contribution in [1.29, 1.82) is 0 Å². The maximum absolute atomic E-state index is 14.8. The first kappa shape index (κ1) is 57.0. The summed E-state index contributed by atoms with van der Waals surface area (Å²) in [6.07, 6.45) is 5.27. The highest BCUT2D eigenvalue weighted by Crippen LogP contribution is 2.26. The van der Waals surface area contributed by atoms with Gasteiger partial charge >= 0.3 is 5.97 Å². The molecule has 6 amide bonds. The number of imidazole rings is 1. The van der Waals surface area contributed by atoms with E-state index in [4.69, 9.17) is 11.5 Å². The van der Waals surface area contributed by atoms with Crippen molar-refractivity contribution in [2.24, 2.45) is 28.3 Å². The number of carbonyl (C=O) groups excluding carboxylic acids is 8. The van der Waals surface area contributed by atoms with Crippen LogP contribution in [0.25, 0.3) is 10.9 Å². The van der Waals surface area contributed by atoms with E-state index in [1.165, 1.54) is 19.4 Å². The lowest BCUT2D eigenvalue weighted by Gasteiger charge is -2.27. The van der Waals surface area contributed by atoms with Crippen molar-refractivity contribution in [2.45, 2.75) is 134 Å². The van der Waals surface area contributed by atoms with Crippen molar-refractivity contribution in [2.75, 3.05) is 13.1 Å². The molecule has 1 aliphatic heterocycles. The number of rotatable bonds is 17. The first-order valence-electron chi connectivity index (χ1n) is 25.2. The molecule has 2 aromatic carbocycles. The van der Waals surface area contributed by atoms with Gasteiger partial charge in [0.05, 0.1) is 18.8 Å². The van der Waals surface area contributed by atoms with Gasteiger partial charge in [0.15, 0.2) is 11.7 Å². The number of benzene rings is 2. The van der Waals surface area contributed by atoms with E-state index in [0.717, 1.165) is 10.9 Å². The molecule has 1 saturated heterocycles. The molecule has 22 nitrogen and oxygen atoms in total. The number of carboxylic acid groups (broad SMARTS) is 1. The van der Waals surface area contributed by atoms with Crippen LogP contribution in [0.15, 0.2) is 78.3 Å². The summed E-state index contributed by atoms with van der Waals surface area (Å²) in [5, 5.41) is 27.2. The van der Waals surface area contributed by atoms with E-state index in [2.05, 4.69) is 51.8 Å². The van der Waals surface area contributed by atoms with Crippen molar-refractivity contribution in [3.05, 3.63) is 90.1 Å². The number of H-pyrrole nitrogens is 2. The number of aromatic nitrogens is 3. The second-order valence-electron chi connectivity index (χ2n) is 18.7. The van der Waals surface area contributed by atoms with Crippen LogP contribution in [-0.4, -0.2) is 122 Å². The summed E-state index contributed by atoms with van der Waals surface area (Å²) in [4.78, 5) is 139. The Morgan fingerprint density at radius 1 is 0.811 bits per heavy atom. The third kappa shape index (κ3) is 18.3. The summed E-state index contributed by atoms with van der Waals surface area (Å²) < 4.78 is 0. The van der Waals surface area contributed by atoms with Crippen LogP contribution in [0, 0.1) is 11.8 Å². The molecule has 13 N–H and O–H groups in total. The lowest BCUT2D eigenvalue weighted by molar-refractivity contribution is -0.143. The Morgan fingerprint density at radius 2 is 1.54 bits per heavy atom. The van der Waals surface area contributed by atoms with Gasteiger partial charge in [0.2, 0.25) is 35.4 Å². The zero-order valence-electron chi connectivity index (χ0n) is 42.0. The number of nitrogens with one attached hydrogen (secondary N) is 8. The van der Waals surface area contributed by atoms with Gasteiger partial charge in [-0.15, -0.1) is 0 Å². The van der Waals surface area contributed by atoms with E-state index in [1.54, 1.807) is 36.5 Å². The molecule has 0 spiro atoms. The molecular weight excluding hydrogens is 953 g/mol. The van der Waals surface area contributed by atoms with Crippen molar-refractivity contribution in [1.82, 2.24) is 46.9 Å². The summed E-state index contributed by atoms with van der Waals surface area (Å²) in [5.41, 5.74) is 13.8. The Hall–Kier alpha value is -7.91. The number of nitrogens with two attached hydrogens (primary N) is 2. The maximum Gasteiger partial charge on any atom is 0.326 e. The van der Waals surface area contributed by atoms with Gasteiger partial charge in [0.25, 0.3) is 0 Å². The molecule has 0 aliphatic carbocycles. The Balaban J connectivity index is 1.55.